The Bertz CT molecular complexity index is 1250. The molecule has 0 aliphatic heterocycles. The van der Waals surface area contributed by atoms with Gasteiger partial charge >= 0.3 is 0 Å². The van der Waals surface area contributed by atoms with Gasteiger partial charge in [-0.25, -0.2) is 0 Å². The summed E-state index contributed by atoms with van der Waals surface area (Å²) in [6.07, 6.45) is 69.5. The average molecular weight is 1020 g/mol. The van der Waals surface area contributed by atoms with Crippen LogP contribution in [0.2, 0.25) is 0 Å². The first kappa shape index (κ1) is 69.7. The topological polar surface area (TPSA) is 108 Å². The lowest BCUT2D eigenvalue weighted by molar-refractivity contribution is -0.870. The molecule has 0 saturated carbocycles. The molecule has 8 nitrogen and oxygen atoms in total. The standard InChI is InChI=1S/C62H121N2O6P/c1-6-8-10-12-14-16-18-20-22-24-26-28-30-31-32-34-36-38-40-42-44-46-48-50-52-54-56-62(66)63-60(59-70-71(67,68)69-58-57-64(3,4)5)61(65)55-53-51-49-47-45-43-41-39-37-35-33-29-27-25-23-21-19-17-15-13-11-9-7-2/h31-32,45,47,53,55,60-61,65H,6-30,33-44,46,48-52,54,56-59H2,1-5H3,(H-,63,66,67,68)/b32-31-,47-45+,55-53+. The van der Waals surface area contributed by atoms with E-state index in [4.69, 9.17) is 9.05 Å². The molecule has 0 spiro atoms. The average Bonchev–Trinajstić information content (AvgIpc) is 3.33. The molecule has 0 heterocycles. The van der Waals surface area contributed by atoms with Gasteiger partial charge in [0.05, 0.1) is 39.9 Å². The molecule has 3 atom stereocenters. The summed E-state index contributed by atoms with van der Waals surface area (Å²) in [5, 5.41) is 13.9. The zero-order valence-corrected chi connectivity index (χ0v) is 48.8. The van der Waals surface area contributed by atoms with Crippen LogP contribution in [0.3, 0.4) is 0 Å². The summed E-state index contributed by atoms with van der Waals surface area (Å²) in [5.74, 6) is -0.204. The predicted octanol–water partition coefficient (Wildman–Crippen LogP) is 18.3. The van der Waals surface area contributed by atoms with E-state index in [2.05, 4.69) is 43.5 Å². The number of phosphoric acid groups is 1. The molecule has 71 heavy (non-hydrogen) atoms. The third-order valence-corrected chi connectivity index (χ3v) is 15.0. The fourth-order valence-electron chi connectivity index (χ4n) is 9.23. The number of hydrogen-bond acceptors (Lipinski definition) is 6. The largest absolute Gasteiger partial charge is 0.756 e. The molecule has 0 fully saturated rings. The molecule has 0 aliphatic rings. The molecule has 0 rings (SSSR count). The van der Waals surface area contributed by atoms with Gasteiger partial charge < -0.3 is 28.8 Å². The highest BCUT2D eigenvalue weighted by atomic mass is 31.2. The number of unbranched alkanes of at least 4 members (excludes halogenated alkanes) is 40. The van der Waals surface area contributed by atoms with Gasteiger partial charge in [0, 0.05) is 6.42 Å². The third kappa shape index (κ3) is 56.3. The lowest BCUT2D eigenvalue weighted by Crippen LogP contribution is -2.45. The van der Waals surface area contributed by atoms with Crippen molar-refractivity contribution in [3.05, 3.63) is 36.5 Å². The normalized spacial score (nSPS) is 14.1. The van der Waals surface area contributed by atoms with Crippen molar-refractivity contribution in [2.24, 2.45) is 0 Å². The van der Waals surface area contributed by atoms with Crippen LogP contribution in [0, 0.1) is 0 Å². The van der Waals surface area contributed by atoms with E-state index in [1.165, 1.54) is 244 Å². The van der Waals surface area contributed by atoms with Gasteiger partial charge in [-0.15, -0.1) is 0 Å². The first-order valence-corrected chi connectivity index (χ1v) is 32.3. The van der Waals surface area contributed by atoms with Gasteiger partial charge in [-0.2, -0.15) is 0 Å². The number of aliphatic hydroxyl groups is 1. The zero-order chi connectivity index (χ0) is 52.0. The molecule has 420 valence electrons. The number of likely N-dealkylation sites (N-methyl/N-ethyl adjacent to an activating group) is 1. The molecule has 0 aliphatic carbocycles. The molecular weight excluding hydrogens is 900 g/mol. The molecule has 9 heteroatoms. The zero-order valence-electron chi connectivity index (χ0n) is 47.9. The number of quaternary nitrogens is 1. The highest BCUT2D eigenvalue weighted by Crippen LogP contribution is 2.38. The van der Waals surface area contributed by atoms with Crippen molar-refractivity contribution in [1.82, 2.24) is 5.32 Å². The van der Waals surface area contributed by atoms with Crippen LogP contribution in [-0.2, 0) is 18.4 Å². The molecule has 0 radical (unpaired) electrons. The Morgan fingerprint density at radius 1 is 0.479 bits per heavy atom. The molecule has 0 aromatic rings. The Kier molecular flexibility index (Phi) is 52.6. The van der Waals surface area contributed by atoms with Gasteiger partial charge in [-0.3, -0.25) is 9.36 Å². The maximum Gasteiger partial charge on any atom is 0.268 e. The predicted molar refractivity (Wildman–Crippen MR) is 307 cm³/mol. The Labute approximate surface area is 442 Å². The summed E-state index contributed by atoms with van der Waals surface area (Å²) in [6, 6.07) is -0.904. The number of amides is 1. The smallest absolute Gasteiger partial charge is 0.268 e. The molecule has 2 N–H and O–H groups in total. The maximum absolute atomic E-state index is 13.0. The van der Waals surface area contributed by atoms with Gasteiger partial charge in [0.2, 0.25) is 5.91 Å². The van der Waals surface area contributed by atoms with Crippen molar-refractivity contribution in [2.45, 2.75) is 315 Å². The fraction of sp³-hybridized carbons (Fsp3) is 0.887. The summed E-state index contributed by atoms with van der Waals surface area (Å²) < 4.78 is 23.4. The van der Waals surface area contributed by atoms with Crippen molar-refractivity contribution in [2.75, 3.05) is 40.9 Å². The number of phosphoric ester groups is 1. The van der Waals surface area contributed by atoms with E-state index in [0.29, 0.717) is 17.4 Å². The first-order chi connectivity index (χ1) is 34.5. The second kappa shape index (κ2) is 53.5. The van der Waals surface area contributed by atoms with Crippen molar-refractivity contribution < 1.29 is 32.9 Å². The van der Waals surface area contributed by atoms with Crippen molar-refractivity contribution in [3.63, 3.8) is 0 Å². The van der Waals surface area contributed by atoms with E-state index >= 15 is 0 Å². The highest BCUT2D eigenvalue weighted by Gasteiger charge is 2.23. The lowest BCUT2D eigenvalue weighted by Gasteiger charge is -2.29. The highest BCUT2D eigenvalue weighted by molar-refractivity contribution is 7.45. The van der Waals surface area contributed by atoms with Gasteiger partial charge in [-0.1, -0.05) is 275 Å². The van der Waals surface area contributed by atoms with E-state index in [-0.39, 0.29) is 12.5 Å². The first-order valence-electron chi connectivity index (χ1n) is 30.9. The van der Waals surface area contributed by atoms with Crippen LogP contribution in [0.5, 0.6) is 0 Å². The second-order valence-electron chi connectivity index (χ2n) is 22.4. The molecular formula is C62H121N2O6P. The van der Waals surface area contributed by atoms with E-state index in [1.54, 1.807) is 6.08 Å². The van der Waals surface area contributed by atoms with Gasteiger partial charge in [0.25, 0.3) is 7.82 Å². The van der Waals surface area contributed by atoms with Crippen LogP contribution in [0.4, 0.5) is 0 Å². The van der Waals surface area contributed by atoms with Crippen molar-refractivity contribution in [3.8, 4) is 0 Å². The second-order valence-corrected chi connectivity index (χ2v) is 23.8. The number of carbonyl (C=O) groups is 1. The number of nitrogens with one attached hydrogen (secondary N) is 1. The molecule has 3 unspecified atom stereocenters. The summed E-state index contributed by atoms with van der Waals surface area (Å²) >= 11 is 0. The quantitative estimate of drug-likeness (QED) is 0.0272. The summed E-state index contributed by atoms with van der Waals surface area (Å²) in [6.45, 7) is 4.67. The van der Waals surface area contributed by atoms with Gasteiger partial charge in [0.15, 0.2) is 0 Å². The fourth-order valence-corrected chi connectivity index (χ4v) is 9.95. The molecule has 0 bridgehead atoms. The Hall–Kier alpha value is -1.28. The summed E-state index contributed by atoms with van der Waals surface area (Å²) in [4.78, 5) is 25.5. The minimum absolute atomic E-state index is 0.00574. The Balaban J connectivity index is 4.19. The molecule has 0 saturated heterocycles. The van der Waals surface area contributed by atoms with E-state index in [0.717, 1.165) is 38.5 Å². The minimum Gasteiger partial charge on any atom is -0.756 e. The number of rotatable bonds is 57. The van der Waals surface area contributed by atoms with Crippen LogP contribution in [0.15, 0.2) is 36.5 Å². The van der Waals surface area contributed by atoms with Crippen LogP contribution < -0.4 is 10.2 Å². The SMILES string of the molecule is CCCCCCCCCCCCCC/C=C\CCCCCCCCCCCCC(=O)NC(COP(=O)([O-])OCC[N+](C)(C)C)C(O)/C=C/CC/C=C/CCCCCCCCCCCCCCCCCCC. The van der Waals surface area contributed by atoms with Crippen LogP contribution in [0.25, 0.3) is 0 Å². The Morgan fingerprint density at radius 2 is 0.789 bits per heavy atom. The maximum atomic E-state index is 13.0. The minimum atomic E-state index is -4.61. The van der Waals surface area contributed by atoms with Crippen molar-refractivity contribution in [1.29, 1.82) is 0 Å². The van der Waals surface area contributed by atoms with Gasteiger partial charge in [0.1, 0.15) is 13.2 Å². The Morgan fingerprint density at radius 3 is 1.14 bits per heavy atom. The molecule has 1 amide bonds. The molecule has 0 aromatic heterocycles. The van der Waals surface area contributed by atoms with Gasteiger partial charge in [-0.05, 0) is 57.8 Å². The van der Waals surface area contributed by atoms with Crippen LogP contribution >= 0.6 is 7.82 Å². The number of allylic oxidation sites excluding steroid dienone is 5. The van der Waals surface area contributed by atoms with Crippen LogP contribution in [0.1, 0.15) is 303 Å². The van der Waals surface area contributed by atoms with E-state index < -0.39 is 26.6 Å². The number of carbonyl (C=O) groups excluding carboxylic acids is 1. The monoisotopic (exact) mass is 1020 g/mol. The van der Waals surface area contributed by atoms with Crippen LogP contribution in [-0.4, -0.2) is 68.5 Å². The van der Waals surface area contributed by atoms with Crippen molar-refractivity contribution >= 4 is 13.7 Å². The number of nitrogens with zero attached hydrogens (tertiary/aromatic N) is 1. The molecule has 0 aromatic carbocycles. The third-order valence-electron chi connectivity index (χ3n) is 14.1. The summed E-state index contributed by atoms with van der Waals surface area (Å²) in [5.41, 5.74) is 0. The lowest BCUT2D eigenvalue weighted by atomic mass is 10.0. The van der Waals surface area contributed by atoms with E-state index in [9.17, 15) is 19.4 Å². The number of hydrogen-bond donors (Lipinski definition) is 2. The number of aliphatic hydroxyl groups excluding tert-OH is 1. The summed E-state index contributed by atoms with van der Waals surface area (Å²) in [7, 11) is 1.25. The van der Waals surface area contributed by atoms with E-state index in [1.807, 2.05) is 27.2 Å².